The van der Waals surface area contributed by atoms with Gasteiger partial charge in [0.1, 0.15) is 11.2 Å². The second kappa shape index (κ2) is 6.05. The number of hydrogen-bond donors (Lipinski definition) is 1. The molecule has 0 aromatic carbocycles. The van der Waals surface area contributed by atoms with E-state index in [9.17, 15) is 14.7 Å². The van der Waals surface area contributed by atoms with Crippen LogP contribution in [0.15, 0.2) is 12.2 Å². The summed E-state index contributed by atoms with van der Waals surface area (Å²) in [5.74, 6) is 0. The summed E-state index contributed by atoms with van der Waals surface area (Å²) in [4.78, 5) is 25.5. The lowest BCUT2D eigenvalue weighted by Crippen LogP contribution is -2.48. The molecule has 0 aromatic rings. The van der Waals surface area contributed by atoms with Crippen LogP contribution in [0.5, 0.6) is 0 Å². The van der Waals surface area contributed by atoms with Crippen molar-refractivity contribution in [2.45, 2.75) is 71.3 Å². The van der Waals surface area contributed by atoms with Crippen LogP contribution in [0.4, 0.5) is 9.59 Å². The van der Waals surface area contributed by atoms with Gasteiger partial charge in [-0.3, -0.25) is 0 Å². The van der Waals surface area contributed by atoms with Gasteiger partial charge < -0.3 is 14.6 Å². The van der Waals surface area contributed by atoms with Crippen LogP contribution >= 0.6 is 0 Å². The highest BCUT2D eigenvalue weighted by Crippen LogP contribution is 2.22. The van der Waals surface area contributed by atoms with Gasteiger partial charge in [-0.2, -0.15) is 0 Å². The van der Waals surface area contributed by atoms with Gasteiger partial charge >= 0.3 is 12.2 Å². The third-order valence-electron chi connectivity index (χ3n) is 2.55. The first kappa shape index (κ1) is 17.5. The Balaban J connectivity index is 2.92. The van der Waals surface area contributed by atoms with Gasteiger partial charge in [0.2, 0.25) is 0 Å². The number of carbonyl (C=O) groups excluding carboxylic acids is 2. The van der Waals surface area contributed by atoms with Gasteiger partial charge in [-0.15, -0.1) is 0 Å². The molecule has 2 amide bonds. The molecular weight excluding hydrogens is 274 g/mol. The SMILES string of the molecule is CC(C)(C)OC(=O)N(C(=O)OC(C)(C)C)C1C=CC(O)C1. The number of nitrogens with zero attached hydrogens (tertiary/aromatic N) is 1. The van der Waals surface area contributed by atoms with E-state index in [4.69, 9.17) is 9.47 Å². The van der Waals surface area contributed by atoms with Crippen LogP contribution in [-0.2, 0) is 9.47 Å². The molecule has 0 bridgehead atoms. The Morgan fingerprint density at radius 1 is 1.00 bits per heavy atom. The molecular formula is C15H25NO5. The second-order valence-corrected chi connectivity index (χ2v) is 7.09. The van der Waals surface area contributed by atoms with Gasteiger partial charge in [-0.1, -0.05) is 12.2 Å². The molecule has 6 nitrogen and oxygen atoms in total. The maximum atomic E-state index is 12.3. The molecule has 0 spiro atoms. The molecule has 1 aliphatic rings. The lowest BCUT2D eigenvalue weighted by molar-refractivity contribution is -0.00499. The molecule has 0 saturated heterocycles. The largest absolute Gasteiger partial charge is 0.443 e. The molecule has 6 heteroatoms. The maximum Gasteiger partial charge on any atom is 0.420 e. The van der Waals surface area contributed by atoms with E-state index in [0.717, 1.165) is 4.90 Å². The topological polar surface area (TPSA) is 76.1 Å². The van der Waals surface area contributed by atoms with Crippen molar-refractivity contribution < 1.29 is 24.2 Å². The molecule has 0 aromatic heterocycles. The van der Waals surface area contributed by atoms with Crippen molar-refractivity contribution in [1.82, 2.24) is 4.90 Å². The van der Waals surface area contributed by atoms with Gasteiger partial charge in [0.25, 0.3) is 0 Å². The van der Waals surface area contributed by atoms with E-state index in [0.29, 0.717) is 0 Å². The summed E-state index contributed by atoms with van der Waals surface area (Å²) in [6, 6.07) is -0.565. The van der Waals surface area contributed by atoms with Crippen molar-refractivity contribution >= 4 is 12.2 Å². The zero-order valence-corrected chi connectivity index (χ0v) is 13.5. The van der Waals surface area contributed by atoms with E-state index >= 15 is 0 Å². The van der Waals surface area contributed by atoms with Crippen LogP contribution in [0.3, 0.4) is 0 Å². The summed E-state index contributed by atoms with van der Waals surface area (Å²) in [7, 11) is 0. The summed E-state index contributed by atoms with van der Waals surface area (Å²) < 4.78 is 10.5. The van der Waals surface area contributed by atoms with Crippen LogP contribution < -0.4 is 0 Å². The molecule has 0 aliphatic heterocycles. The highest BCUT2D eigenvalue weighted by molar-refractivity contribution is 5.89. The summed E-state index contributed by atoms with van der Waals surface area (Å²) in [6.45, 7) is 10.3. The number of ether oxygens (including phenoxy) is 2. The molecule has 2 atom stereocenters. The third kappa shape index (κ3) is 5.75. The first-order valence-corrected chi connectivity index (χ1v) is 7.00. The van der Waals surface area contributed by atoms with Crippen molar-refractivity contribution in [3.05, 3.63) is 12.2 Å². The van der Waals surface area contributed by atoms with Crippen LogP contribution in [0, 0.1) is 0 Å². The highest BCUT2D eigenvalue weighted by Gasteiger charge is 2.37. The van der Waals surface area contributed by atoms with Crippen LogP contribution in [0.1, 0.15) is 48.0 Å². The van der Waals surface area contributed by atoms with Gasteiger partial charge in [0.15, 0.2) is 0 Å². The minimum Gasteiger partial charge on any atom is -0.443 e. The second-order valence-electron chi connectivity index (χ2n) is 7.09. The van der Waals surface area contributed by atoms with Crippen molar-refractivity contribution in [3.8, 4) is 0 Å². The summed E-state index contributed by atoms with van der Waals surface area (Å²) in [5, 5.41) is 9.56. The van der Waals surface area contributed by atoms with Crippen LogP contribution in [0.2, 0.25) is 0 Å². The number of rotatable bonds is 1. The normalized spacial score (nSPS) is 22.0. The Morgan fingerprint density at radius 2 is 1.43 bits per heavy atom. The zero-order valence-electron chi connectivity index (χ0n) is 13.5. The van der Waals surface area contributed by atoms with E-state index in [1.54, 1.807) is 53.7 Å². The first-order valence-electron chi connectivity index (χ1n) is 7.00. The number of hydrogen-bond acceptors (Lipinski definition) is 5. The summed E-state index contributed by atoms with van der Waals surface area (Å²) in [6.07, 6.45) is 1.17. The Hall–Kier alpha value is -1.56. The summed E-state index contributed by atoms with van der Waals surface area (Å²) >= 11 is 0. The number of aliphatic hydroxyl groups excluding tert-OH is 1. The van der Waals surface area contributed by atoms with Crippen LogP contribution in [-0.4, -0.2) is 45.5 Å². The molecule has 0 radical (unpaired) electrons. The highest BCUT2D eigenvalue weighted by atomic mass is 16.6. The van der Waals surface area contributed by atoms with Gasteiger partial charge in [-0.05, 0) is 41.5 Å². The number of amides is 2. The molecule has 120 valence electrons. The molecule has 0 heterocycles. The molecule has 1 N–H and O–H groups in total. The van der Waals surface area contributed by atoms with Gasteiger partial charge in [-0.25, -0.2) is 14.5 Å². The van der Waals surface area contributed by atoms with E-state index < -0.39 is 35.5 Å². The molecule has 1 rings (SSSR count). The van der Waals surface area contributed by atoms with Gasteiger partial charge in [0.05, 0.1) is 12.1 Å². The van der Waals surface area contributed by atoms with Gasteiger partial charge in [0, 0.05) is 6.42 Å². The zero-order chi connectivity index (χ0) is 16.4. The third-order valence-corrected chi connectivity index (χ3v) is 2.55. The Labute approximate surface area is 125 Å². The predicted octanol–water partition coefficient (Wildman–Crippen LogP) is 2.85. The molecule has 2 unspecified atom stereocenters. The van der Waals surface area contributed by atoms with Crippen molar-refractivity contribution in [2.24, 2.45) is 0 Å². The van der Waals surface area contributed by atoms with Crippen LogP contribution in [0.25, 0.3) is 0 Å². The summed E-state index contributed by atoms with van der Waals surface area (Å²) in [5.41, 5.74) is -1.45. The molecule has 0 fully saturated rings. The fraction of sp³-hybridized carbons (Fsp3) is 0.733. The van der Waals surface area contributed by atoms with Crippen molar-refractivity contribution in [1.29, 1.82) is 0 Å². The first-order chi connectivity index (χ1) is 9.39. The fourth-order valence-electron chi connectivity index (χ4n) is 1.82. The standard InChI is InChI=1S/C15H25NO5/c1-14(2,3)20-12(18)16(10-7-8-11(17)9-10)13(19)21-15(4,5)6/h7-8,10-11,17H,9H2,1-6H3. The van der Waals surface area contributed by atoms with E-state index in [2.05, 4.69) is 0 Å². The predicted molar refractivity (Wildman–Crippen MR) is 77.9 cm³/mol. The van der Waals surface area contributed by atoms with Crippen molar-refractivity contribution in [3.63, 3.8) is 0 Å². The minimum absolute atomic E-state index is 0.248. The average Bonchev–Trinajstić information content (AvgIpc) is 2.58. The lowest BCUT2D eigenvalue weighted by atomic mass is 10.2. The molecule has 21 heavy (non-hydrogen) atoms. The Kier molecular flexibility index (Phi) is 5.04. The fourth-order valence-corrected chi connectivity index (χ4v) is 1.82. The van der Waals surface area contributed by atoms with Crippen molar-refractivity contribution in [2.75, 3.05) is 0 Å². The van der Waals surface area contributed by atoms with E-state index in [1.165, 1.54) is 0 Å². The minimum atomic E-state index is -0.777. The Morgan fingerprint density at radius 3 is 1.71 bits per heavy atom. The monoisotopic (exact) mass is 299 g/mol. The lowest BCUT2D eigenvalue weighted by Gasteiger charge is -2.31. The molecule has 0 saturated carbocycles. The van der Waals surface area contributed by atoms with E-state index in [1.807, 2.05) is 0 Å². The number of imide groups is 1. The maximum absolute atomic E-state index is 12.3. The molecule has 1 aliphatic carbocycles. The Bertz CT molecular complexity index is 402. The average molecular weight is 299 g/mol. The number of aliphatic hydroxyl groups is 1. The number of carbonyl (C=O) groups is 2. The van der Waals surface area contributed by atoms with E-state index in [-0.39, 0.29) is 6.42 Å². The quantitative estimate of drug-likeness (QED) is 0.753. The smallest absolute Gasteiger partial charge is 0.420 e.